The van der Waals surface area contributed by atoms with Gasteiger partial charge in [-0.25, -0.2) is 0 Å². The molecule has 254 valence electrons. The molecular formula is C25H51N5O13. The van der Waals surface area contributed by atoms with Crippen molar-refractivity contribution in [2.75, 3.05) is 39.9 Å². The number of carbonyl (C=O) groups is 1. The molecule has 2 aliphatic heterocycles. The fourth-order valence-electron chi connectivity index (χ4n) is 5.24. The third-order valence-electron chi connectivity index (χ3n) is 7.51. The molecule has 16 N–H and O–H groups in total. The van der Waals surface area contributed by atoms with Gasteiger partial charge in [0, 0.05) is 38.5 Å². The van der Waals surface area contributed by atoms with Crippen molar-refractivity contribution in [3.63, 3.8) is 0 Å². The van der Waals surface area contributed by atoms with Crippen LogP contribution in [0.25, 0.3) is 0 Å². The van der Waals surface area contributed by atoms with E-state index in [1.54, 1.807) is 0 Å². The highest BCUT2D eigenvalue weighted by molar-refractivity contribution is 5.81. The summed E-state index contributed by atoms with van der Waals surface area (Å²) in [5.74, 6) is -1.00. The molecule has 14 atom stereocenters. The van der Waals surface area contributed by atoms with Gasteiger partial charge >= 0.3 is 0 Å². The quantitative estimate of drug-likeness (QED) is 0.0891. The molecule has 0 radical (unpaired) electrons. The average molecular weight is 630 g/mol. The number of nitrogens with two attached hydrogens (primary N) is 3. The number of hydrogen-bond donors (Lipinski definition) is 13. The lowest BCUT2D eigenvalue weighted by atomic mass is 9.83. The Bertz CT molecular complexity index is 832. The zero-order chi connectivity index (χ0) is 32.5. The summed E-state index contributed by atoms with van der Waals surface area (Å²) in [7, 11) is 1.50. The molecule has 0 aromatic carbocycles. The van der Waals surface area contributed by atoms with Crippen LogP contribution in [0.5, 0.6) is 0 Å². The van der Waals surface area contributed by atoms with Crippen LogP contribution in [0.2, 0.25) is 0 Å². The Morgan fingerprint density at radius 3 is 2.35 bits per heavy atom. The molecule has 2 saturated heterocycles. The summed E-state index contributed by atoms with van der Waals surface area (Å²) in [6.45, 7) is 1.07. The van der Waals surface area contributed by atoms with E-state index in [0.717, 1.165) is 0 Å². The Kier molecular flexibility index (Phi) is 15.5. The van der Waals surface area contributed by atoms with E-state index >= 15 is 0 Å². The van der Waals surface area contributed by atoms with Crippen molar-refractivity contribution < 1.29 is 64.6 Å². The lowest BCUT2D eigenvalue weighted by Crippen LogP contribution is -2.67. The number of hydrogen-bond acceptors (Lipinski definition) is 17. The van der Waals surface area contributed by atoms with Gasteiger partial charge in [-0.15, -0.1) is 0 Å². The highest BCUT2D eigenvalue weighted by atomic mass is 16.7. The van der Waals surface area contributed by atoms with Crippen LogP contribution in [0.4, 0.5) is 0 Å². The molecule has 43 heavy (non-hydrogen) atoms. The lowest BCUT2D eigenvalue weighted by Gasteiger charge is -2.47. The van der Waals surface area contributed by atoms with E-state index in [1.165, 1.54) is 14.0 Å². The Morgan fingerprint density at radius 1 is 1.07 bits per heavy atom. The molecule has 18 nitrogen and oxygen atoms in total. The van der Waals surface area contributed by atoms with Crippen LogP contribution in [0.15, 0.2) is 0 Å². The molecule has 0 aromatic heterocycles. The monoisotopic (exact) mass is 629 g/mol. The first-order valence-electron chi connectivity index (χ1n) is 14.3. The second kappa shape index (κ2) is 17.5. The number of amides is 1. The maximum absolute atomic E-state index is 12.6. The van der Waals surface area contributed by atoms with E-state index in [2.05, 4.69) is 16.4 Å². The van der Waals surface area contributed by atoms with Gasteiger partial charge in [0.25, 0.3) is 5.91 Å². The van der Waals surface area contributed by atoms with Crippen molar-refractivity contribution in [3.05, 3.63) is 0 Å². The lowest BCUT2D eigenvalue weighted by molar-refractivity contribution is -0.308. The molecule has 2 heterocycles. The predicted molar refractivity (Wildman–Crippen MR) is 148 cm³/mol. The standard InChI is InChI=1S/C24H46N4O13.CH5N/c1-24(37)6-13(31)23(38-9-24)41-21-11(28-22(36)18(34)14(32)7-25)4-10(26)20(19(21)35)40-16-5-12(30)17(33)15(39-16)8-27-2-3-29;1-2/h10-21,23,27,29-35,37H,2-9,25-26H2,1H3,(H,28,36);2H2,1H3/t10?,11?,12?,13?,14?,15?,16-,17+,18?,19?,20-,21+,23?,24-;/m1./s1. The first kappa shape index (κ1) is 38.0. The van der Waals surface area contributed by atoms with Crippen molar-refractivity contribution in [2.24, 2.45) is 17.2 Å². The largest absolute Gasteiger partial charge is 0.395 e. The van der Waals surface area contributed by atoms with Crippen LogP contribution in [0.3, 0.4) is 0 Å². The molecule has 3 aliphatic rings. The highest BCUT2D eigenvalue weighted by Gasteiger charge is 2.50. The molecule has 0 aromatic rings. The van der Waals surface area contributed by atoms with Gasteiger partial charge in [0.1, 0.15) is 42.7 Å². The summed E-state index contributed by atoms with van der Waals surface area (Å²) in [5, 5.41) is 87.0. The minimum absolute atomic E-state index is 0.0660. The van der Waals surface area contributed by atoms with Crippen molar-refractivity contribution in [3.8, 4) is 0 Å². The zero-order valence-corrected chi connectivity index (χ0v) is 24.5. The normalized spacial score (nSPS) is 41.5. The fraction of sp³-hybridized carbons (Fsp3) is 0.960. The third-order valence-corrected chi connectivity index (χ3v) is 7.51. The molecule has 1 aliphatic carbocycles. The van der Waals surface area contributed by atoms with Gasteiger partial charge in [0.05, 0.1) is 31.0 Å². The van der Waals surface area contributed by atoms with E-state index in [-0.39, 0.29) is 45.6 Å². The van der Waals surface area contributed by atoms with Crippen LogP contribution >= 0.6 is 0 Å². The number of nitrogens with one attached hydrogen (secondary N) is 2. The second-order valence-electron chi connectivity index (χ2n) is 11.2. The Morgan fingerprint density at radius 2 is 1.74 bits per heavy atom. The highest BCUT2D eigenvalue weighted by Crippen LogP contribution is 2.32. The SMILES string of the molecule is CN.C[C@]1(O)COC(O[C@H]2C(NC(=O)C(O)C(O)CN)CC(N)[C@@H](O[C@@H]3CC(O)[C@H](O)C(CNCCO)O3)C2O)C(O)C1. The Hall–Kier alpha value is -1.17. The van der Waals surface area contributed by atoms with Crippen molar-refractivity contribution >= 4 is 5.91 Å². The fourth-order valence-corrected chi connectivity index (χ4v) is 5.24. The van der Waals surface area contributed by atoms with Gasteiger partial charge in [-0.2, -0.15) is 0 Å². The first-order valence-corrected chi connectivity index (χ1v) is 14.3. The molecule has 9 unspecified atom stereocenters. The number of ether oxygens (including phenoxy) is 4. The van der Waals surface area contributed by atoms with E-state index in [9.17, 15) is 40.5 Å². The Labute approximate surface area is 250 Å². The van der Waals surface area contributed by atoms with Gasteiger partial charge in [-0.05, 0) is 20.4 Å². The summed E-state index contributed by atoms with van der Waals surface area (Å²) >= 11 is 0. The summed E-state index contributed by atoms with van der Waals surface area (Å²) < 4.78 is 23.1. The van der Waals surface area contributed by atoms with Gasteiger partial charge in [-0.1, -0.05) is 0 Å². The summed E-state index contributed by atoms with van der Waals surface area (Å²) in [6.07, 6.45) is -14.9. The Balaban J connectivity index is 0.00000316. The van der Waals surface area contributed by atoms with Crippen molar-refractivity contribution in [2.45, 2.75) is 111 Å². The van der Waals surface area contributed by atoms with Crippen molar-refractivity contribution in [1.29, 1.82) is 0 Å². The van der Waals surface area contributed by atoms with Gasteiger partial charge in [-0.3, -0.25) is 4.79 Å². The number of rotatable bonds is 12. The molecule has 18 heteroatoms. The molecular weight excluding hydrogens is 578 g/mol. The van der Waals surface area contributed by atoms with Crippen LogP contribution < -0.4 is 27.8 Å². The molecule has 3 fully saturated rings. The minimum atomic E-state index is -1.88. The van der Waals surface area contributed by atoms with Crippen molar-refractivity contribution in [1.82, 2.24) is 10.6 Å². The van der Waals surface area contributed by atoms with Crippen LogP contribution in [0, 0.1) is 0 Å². The van der Waals surface area contributed by atoms with Gasteiger partial charge in [0.2, 0.25) is 0 Å². The molecule has 0 spiro atoms. The molecule has 1 saturated carbocycles. The maximum atomic E-state index is 12.6. The average Bonchev–Trinajstić information content (AvgIpc) is 2.96. The summed E-state index contributed by atoms with van der Waals surface area (Å²) in [5.41, 5.74) is 14.8. The predicted octanol–water partition coefficient (Wildman–Crippen LogP) is -7.13. The minimum Gasteiger partial charge on any atom is -0.395 e. The topological polar surface area (TPSA) is 318 Å². The molecule has 3 rings (SSSR count). The second-order valence-corrected chi connectivity index (χ2v) is 11.2. The zero-order valence-electron chi connectivity index (χ0n) is 24.5. The summed E-state index contributed by atoms with van der Waals surface area (Å²) in [6, 6.07) is -2.00. The first-order chi connectivity index (χ1) is 20.3. The van der Waals surface area contributed by atoms with Gasteiger partial charge < -0.3 is 87.6 Å². The van der Waals surface area contributed by atoms with Gasteiger partial charge in [0.15, 0.2) is 18.7 Å². The molecule has 0 bridgehead atoms. The smallest absolute Gasteiger partial charge is 0.251 e. The van der Waals surface area contributed by atoms with Crippen LogP contribution in [-0.2, 0) is 23.7 Å². The van der Waals surface area contributed by atoms with E-state index < -0.39 is 97.7 Å². The number of aliphatic hydroxyl groups is 8. The number of aliphatic hydroxyl groups excluding tert-OH is 7. The van der Waals surface area contributed by atoms with Crippen LogP contribution in [0.1, 0.15) is 26.2 Å². The van der Waals surface area contributed by atoms with E-state index in [4.69, 9.17) is 35.5 Å². The van der Waals surface area contributed by atoms with E-state index in [0.29, 0.717) is 0 Å². The molecule has 1 amide bonds. The van der Waals surface area contributed by atoms with E-state index in [1.807, 2.05) is 0 Å². The number of carbonyl (C=O) groups excluding carboxylic acids is 1. The third kappa shape index (κ3) is 10.4. The summed E-state index contributed by atoms with van der Waals surface area (Å²) in [4.78, 5) is 12.6. The maximum Gasteiger partial charge on any atom is 0.251 e. The van der Waals surface area contributed by atoms with Crippen LogP contribution in [-0.4, -0.2) is 172 Å².